The third kappa shape index (κ3) is 2.03. The van der Waals surface area contributed by atoms with Gasteiger partial charge in [-0.1, -0.05) is 18.2 Å². The molecular formula is C12H16FNO. The maximum Gasteiger partial charge on any atom is 0.129 e. The van der Waals surface area contributed by atoms with Gasteiger partial charge in [-0.15, -0.1) is 0 Å². The number of aliphatic hydroxyl groups excluding tert-OH is 1. The highest BCUT2D eigenvalue weighted by Crippen LogP contribution is 2.32. The van der Waals surface area contributed by atoms with Crippen molar-refractivity contribution in [2.75, 3.05) is 0 Å². The van der Waals surface area contributed by atoms with Crippen LogP contribution in [0.3, 0.4) is 0 Å². The van der Waals surface area contributed by atoms with Crippen LogP contribution in [0.4, 0.5) is 4.39 Å². The molecule has 1 aromatic carbocycles. The lowest BCUT2D eigenvalue weighted by molar-refractivity contribution is 0.0369. The minimum Gasteiger partial charge on any atom is -0.387 e. The van der Waals surface area contributed by atoms with Gasteiger partial charge >= 0.3 is 0 Å². The molecule has 3 heteroatoms. The van der Waals surface area contributed by atoms with Gasteiger partial charge in [0.1, 0.15) is 5.82 Å². The van der Waals surface area contributed by atoms with E-state index in [2.05, 4.69) is 19.2 Å². The minimum atomic E-state index is -0.751. The Kier molecular flexibility index (Phi) is 2.52. The predicted octanol–water partition coefficient (Wildman–Crippen LogP) is 2.00. The van der Waals surface area contributed by atoms with Crippen LogP contribution >= 0.6 is 0 Å². The van der Waals surface area contributed by atoms with E-state index in [1.807, 2.05) is 0 Å². The molecule has 1 fully saturated rings. The van der Waals surface area contributed by atoms with Crippen LogP contribution in [0.25, 0.3) is 0 Å². The molecule has 1 heterocycles. The third-order valence-corrected chi connectivity index (χ3v) is 2.91. The summed E-state index contributed by atoms with van der Waals surface area (Å²) in [5, 5.41) is 13.2. The molecule has 0 spiro atoms. The van der Waals surface area contributed by atoms with Gasteiger partial charge in [0.2, 0.25) is 0 Å². The second kappa shape index (κ2) is 3.58. The fourth-order valence-corrected chi connectivity index (χ4v) is 2.15. The van der Waals surface area contributed by atoms with Crippen molar-refractivity contribution in [1.82, 2.24) is 5.32 Å². The van der Waals surface area contributed by atoms with Crippen LogP contribution in [0.2, 0.25) is 0 Å². The molecule has 0 aromatic heterocycles. The first-order chi connectivity index (χ1) is 6.99. The second-order valence-corrected chi connectivity index (χ2v) is 4.81. The quantitative estimate of drug-likeness (QED) is 0.780. The highest BCUT2D eigenvalue weighted by atomic mass is 19.1. The van der Waals surface area contributed by atoms with Crippen molar-refractivity contribution in [3.8, 4) is 0 Å². The first-order valence-electron chi connectivity index (χ1n) is 5.20. The maximum atomic E-state index is 13.4. The summed E-state index contributed by atoms with van der Waals surface area (Å²) < 4.78 is 13.4. The molecule has 2 unspecified atom stereocenters. The largest absolute Gasteiger partial charge is 0.387 e. The molecule has 0 amide bonds. The Labute approximate surface area is 89.1 Å². The molecule has 82 valence electrons. The molecule has 0 aliphatic carbocycles. The lowest BCUT2D eigenvalue weighted by Crippen LogP contribution is -2.62. The first-order valence-corrected chi connectivity index (χ1v) is 5.20. The van der Waals surface area contributed by atoms with Gasteiger partial charge in [0, 0.05) is 17.1 Å². The number of benzene rings is 1. The van der Waals surface area contributed by atoms with E-state index < -0.39 is 6.10 Å². The monoisotopic (exact) mass is 209 g/mol. The number of aliphatic hydroxyl groups is 1. The summed E-state index contributed by atoms with van der Waals surface area (Å²) in [4.78, 5) is 0. The Balaban J connectivity index is 2.10. The molecule has 1 aromatic rings. The number of rotatable bonds is 2. The van der Waals surface area contributed by atoms with E-state index in [0.717, 1.165) is 6.42 Å². The Morgan fingerprint density at radius 1 is 1.47 bits per heavy atom. The zero-order valence-corrected chi connectivity index (χ0v) is 9.00. The number of hydrogen-bond acceptors (Lipinski definition) is 2. The molecule has 15 heavy (non-hydrogen) atoms. The standard InChI is InChI=1S/C12H16FNO/c1-12(2)7-10(14-12)11(15)8-5-3-4-6-9(8)13/h3-6,10-11,14-15H,7H2,1-2H3. The topological polar surface area (TPSA) is 32.3 Å². The SMILES string of the molecule is CC1(C)CC(C(O)c2ccccc2F)N1. The molecule has 0 bridgehead atoms. The van der Waals surface area contributed by atoms with Gasteiger partial charge in [-0.05, 0) is 26.3 Å². The van der Waals surface area contributed by atoms with E-state index in [-0.39, 0.29) is 17.4 Å². The molecule has 0 radical (unpaired) electrons. The fraction of sp³-hybridized carbons (Fsp3) is 0.500. The summed E-state index contributed by atoms with van der Waals surface area (Å²) in [7, 11) is 0. The Morgan fingerprint density at radius 2 is 2.07 bits per heavy atom. The van der Waals surface area contributed by atoms with E-state index in [9.17, 15) is 9.50 Å². The van der Waals surface area contributed by atoms with Crippen molar-refractivity contribution in [3.05, 3.63) is 35.6 Å². The van der Waals surface area contributed by atoms with Crippen LogP contribution < -0.4 is 5.32 Å². The number of hydrogen-bond donors (Lipinski definition) is 2. The van der Waals surface area contributed by atoms with Gasteiger partial charge in [0.15, 0.2) is 0 Å². The maximum absolute atomic E-state index is 13.4. The molecule has 2 atom stereocenters. The van der Waals surface area contributed by atoms with Crippen LogP contribution in [-0.4, -0.2) is 16.7 Å². The highest BCUT2D eigenvalue weighted by Gasteiger charge is 2.40. The smallest absolute Gasteiger partial charge is 0.129 e. The van der Waals surface area contributed by atoms with Crippen LogP contribution in [0.5, 0.6) is 0 Å². The summed E-state index contributed by atoms with van der Waals surface area (Å²) in [5.41, 5.74) is 0.446. The van der Waals surface area contributed by atoms with Gasteiger partial charge in [0.05, 0.1) is 6.10 Å². The molecule has 2 nitrogen and oxygen atoms in total. The third-order valence-electron chi connectivity index (χ3n) is 2.91. The average Bonchev–Trinajstić information content (AvgIpc) is 2.14. The van der Waals surface area contributed by atoms with E-state index in [4.69, 9.17) is 0 Å². The van der Waals surface area contributed by atoms with Crippen molar-refractivity contribution in [2.45, 2.75) is 38.0 Å². The first kappa shape index (κ1) is 10.6. The van der Waals surface area contributed by atoms with E-state index in [1.165, 1.54) is 6.07 Å². The van der Waals surface area contributed by atoms with Gasteiger partial charge in [0.25, 0.3) is 0 Å². The normalized spacial score (nSPS) is 25.7. The van der Waals surface area contributed by atoms with Gasteiger partial charge in [-0.3, -0.25) is 0 Å². The van der Waals surface area contributed by atoms with E-state index >= 15 is 0 Å². The lowest BCUT2D eigenvalue weighted by Gasteiger charge is -2.46. The summed E-state index contributed by atoms with van der Waals surface area (Å²) in [6.45, 7) is 4.13. The zero-order valence-electron chi connectivity index (χ0n) is 9.00. The summed E-state index contributed by atoms with van der Waals surface area (Å²) >= 11 is 0. The molecule has 2 rings (SSSR count). The molecule has 1 aliphatic heterocycles. The fourth-order valence-electron chi connectivity index (χ4n) is 2.15. The molecular weight excluding hydrogens is 193 g/mol. The van der Waals surface area contributed by atoms with Crippen molar-refractivity contribution in [3.63, 3.8) is 0 Å². The summed E-state index contributed by atoms with van der Waals surface area (Å²) in [6.07, 6.45) is 0.113. The molecule has 1 aliphatic rings. The van der Waals surface area contributed by atoms with Crippen molar-refractivity contribution < 1.29 is 9.50 Å². The van der Waals surface area contributed by atoms with Crippen molar-refractivity contribution >= 4 is 0 Å². The van der Waals surface area contributed by atoms with Crippen molar-refractivity contribution in [2.24, 2.45) is 0 Å². The van der Waals surface area contributed by atoms with Crippen molar-refractivity contribution in [1.29, 1.82) is 0 Å². The minimum absolute atomic E-state index is 0.0306. The molecule has 2 N–H and O–H groups in total. The van der Waals surface area contributed by atoms with Crippen LogP contribution in [0, 0.1) is 5.82 Å². The van der Waals surface area contributed by atoms with E-state index in [1.54, 1.807) is 18.2 Å². The van der Waals surface area contributed by atoms with Crippen LogP contribution in [0.15, 0.2) is 24.3 Å². The summed E-state index contributed by atoms with van der Waals surface area (Å²) in [5.74, 6) is -0.337. The Bertz CT molecular complexity index is 356. The highest BCUT2D eigenvalue weighted by molar-refractivity contribution is 5.22. The summed E-state index contributed by atoms with van der Waals surface area (Å²) in [6, 6.07) is 6.35. The molecule has 1 saturated heterocycles. The average molecular weight is 209 g/mol. The second-order valence-electron chi connectivity index (χ2n) is 4.81. The zero-order chi connectivity index (χ0) is 11.1. The van der Waals surface area contributed by atoms with E-state index in [0.29, 0.717) is 5.56 Å². The predicted molar refractivity (Wildman–Crippen MR) is 57.0 cm³/mol. The number of nitrogens with one attached hydrogen (secondary N) is 1. The van der Waals surface area contributed by atoms with Crippen LogP contribution in [0.1, 0.15) is 31.9 Å². The van der Waals surface area contributed by atoms with Gasteiger partial charge < -0.3 is 10.4 Å². The Morgan fingerprint density at radius 3 is 2.60 bits per heavy atom. The molecule has 0 saturated carbocycles. The van der Waals surface area contributed by atoms with Crippen LogP contribution in [-0.2, 0) is 0 Å². The number of halogens is 1. The van der Waals surface area contributed by atoms with Gasteiger partial charge in [-0.2, -0.15) is 0 Å². The Hall–Kier alpha value is -0.930. The lowest BCUT2D eigenvalue weighted by atomic mass is 9.80. The van der Waals surface area contributed by atoms with Gasteiger partial charge in [-0.25, -0.2) is 4.39 Å².